The molecule has 0 aliphatic heterocycles. The Morgan fingerprint density at radius 3 is 2.55 bits per heavy atom. The van der Waals surface area contributed by atoms with Crippen LogP contribution in [0.5, 0.6) is 5.75 Å². The van der Waals surface area contributed by atoms with Crippen molar-refractivity contribution in [2.45, 2.75) is 20.8 Å². The first-order chi connectivity index (χ1) is 13.3. The number of nitrogens with zero attached hydrogens (tertiary/aromatic N) is 1. The predicted octanol–water partition coefficient (Wildman–Crippen LogP) is 1.65. The summed E-state index contributed by atoms with van der Waals surface area (Å²) in [6, 6.07) is 13.1. The summed E-state index contributed by atoms with van der Waals surface area (Å²) in [5.74, 6) is -1.38. The molecule has 0 fully saturated rings. The van der Waals surface area contributed by atoms with Crippen molar-refractivity contribution in [3.05, 3.63) is 70.6 Å². The number of aromatic carboxylic acids is 1. The number of carboxylic acid groups (broad SMARTS) is 1. The summed E-state index contributed by atoms with van der Waals surface area (Å²) < 4.78 is 21.6. The van der Waals surface area contributed by atoms with Gasteiger partial charge in [0.05, 0.1) is 18.3 Å². The summed E-state index contributed by atoms with van der Waals surface area (Å²) in [4.78, 5) is 11.2. The standard InChI is InChI=1S/C22H21ClFNO3.Na/c1-13(2)12-28-21-9-5-15(23)10-18(21)20-8-4-14(3)25(20)16-6-7-19(24)17(11-16)22(26)27;/h4-11,13H,12H2,1-3H3,(H,26,27);/q;+1/p-1. The van der Waals surface area contributed by atoms with E-state index in [0.717, 1.165) is 23.0 Å². The number of benzene rings is 2. The van der Waals surface area contributed by atoms with Crippen molar-refractivity contribution in [3.8, 4) is 22.7 Å². The molecule has 0 radical (unpaired) electrons. The van der Waals surface area contributed by atoms with Crippen LogP contribution >= 0.6 is 11.6 Å². The minimum Gasteiger partial charge on any atom is -0.545 e. The van der Waals surface area contributed by atoms with E-state index < -0.39 is 17.3 Å². The molecule has 0 bridgehead atoms. The molecule has 0 unspecified atom stereocenters. The van der Waals surface area contributed by atoms with E-state index >= 15 is 0 Å². The molecular weight excluding hydrogens is 404 g/mol. The molecule has 1 aromatic heterocycles. The van der Waals surface area contributed by atoms with Crippen LogP contribution in [-0.4, -0.2) is 17.1 Å². The molecule has 1 heterocycles. The van der Waals surface area contributed by atoms with E-state index in [9.17, 15) is 14.3 Å². The summed E-state index contributed by atoms with van der Waals surface area (Å²) >= 11 is 6.22. The van der Waals surface area contributed by atoms with Gasteiger partial charge in [0, 0.05) is 27.5 Å². The maximum atomic E-state index is 13.8. The molecule has 3 rings (SSSR count). The van der Waals surface area contributed by atoms with E-state index in [1.54, 1.807) is 12.1 Å². The second kappa shape index (κ2) is 9.81. The van der Waals surface area contributed by atoms with Gasteiger partial charge in [0.15, 0.2) is 0 Å². The molecule has 0 saturated carbocycles. The molecule has 0 aliphatic rings. The van der Waals surface area contributed by atoms with Crippen molar-refractivity contribution in [1.82, 2.24) is 4.57 Å². The summed E-state index contributed by atoms with van der Waals surface area (Å²) in [5, 5.41) is 11.8. The Labute approximate surface area is 196 Å². The van der Waals surface area contributed by atoms with Crippen LogP contribution in [-0.2, 0) is 0 Å². The largest absolute Gasteiger partial charge is 1.00 e. The van der Waals surface area contributed by atoms with E-state index in [4.69, 9.17) is 16.3 Å². The molecule has 0 spiro atoms. The van der Waals surface area contributed by atoms with Crippen LogP contribution in [0, 0.1) is 18.7 Å². The third-order valence-corrected chi connectivity index (χ3v) is 4.53. The van der Waals surface area contributed by atoms with Crippen LogP contribution in [0.4, 0.5) is 4.39 Å². The van der Waals surface area contributed by atoms with Crippen LogP contribution in [0.1, 0.15) is 29.9 Å². The molecule has 0 N–H and O–H groups in total. The molecule has 29 heavy (non-hydrogen) atoms. The Hall–Kier alpha value is -1.79. The topological polar surface area (TPSA) is 54.3 Å². The van der Waals surface area contributed by atoms with Crippen molar-refractivity contribution in [3.63, 3.8) is 0 Å². The van der Waals surface area contributed by atoms with E-state index in [1.165, 1.54) is 12.1 Å². The van der Waals surface area contributed by atoms with E-state index in [-0.39, 0.29) is 29.6 Å². The minimum atomic E-state index is -1.56. The number of carboxylic acids is 1. The fraction of sp³-hybridized carbons (Fsp3) is 0.227. The number of carbonyl (C=O) groups is 1. The summed E-state index contributed by atoms with van der Waals surface area (Å²) in [7, 11) is 0. The van der Waals surface area contributed by atoms with Gasteiger partial charge in [0.2, 0.25) is 0 Å². The van der Waals surface area contributed by atoms with E-state index in [0.29, 0.717) is 29.0 Å². The Balaban J connectivity index is 0.00000300. The monoisotopic (exact) mass is 423 g/mol. The molecule has 4 nitrogen and oxygen atoms in total. The first-order valence-electron chi connectivity index (χ1n) is 8.90. The number of halogens is 2. The van der Waals surface area contributed by atoms with Gasteiger partial charge < -0.3 is 19.2 Å². The van der Waals surface area contributed by atoms with Gasteiger partial charge in [-0.15, -0.1) is 0 Å². The number of carbonyl (C=O) groups excluding carboxylic acids is 1. The zero-order valence-corrected chi connectivity index (χ0v) is 19.6. The van der Waals surface area contributed by atoms with Gasteiger partial charge >= 0.3 is 29.6 Å². The summed E-state index contributed by atoms with van der Waals surface area (Å²) in [6.45, 7) is 6.54. The van der Waals surface area contributed by atoms with Gasteiger partial charge in [0.25, 0.3) is 0 Å². The van der Waals surface area contributed by atoms with Crippen LogP contribution in [0.2, 0.25) is 5.02 Å². The second-order valence-electron chi connectivity index (χ2n) is 6.99. The maximum absolute atomic E-state index is 13.8. The van der Waals surface area contributed by atoms with Gasteiger partial charge in [-0.2, -0.15) is 0 Å². The van der Waals surface area contributed by atoms with Crippen molar-refractivity contribution >= 4 is 17.6 Å². The zero-order valence-electron chi connectivity index (χ0n) is 16.8. The van der Waals surface area contributed by atoms with Gasteiger partial charge in [0.1, 0.15) is 11.6 Å². The molecule has 0 saturated heterocycles. The van der Waals surface area contributed by atoms with Gasteiger partial charge in [-0.05, 0) is 61.4 Å². The fourth-order valence-electron chi connectivity index (χ4n) is 2.99. The first kappa shape index (κ1) is 23.5. The molecule has 0 atom stereocenters. The van der Waals surface area contributed by atoms with Gasteiger partial charge in [-0.3, -0.25) is 0 Å². The average molecular weight is 424 g/mol. The quantitative estimate of drug-likeness (QED) is 0.566. The van der Waals surface area contributed by atoms with Crippen LogP contribution in [0.25, 0.3) is 16.9 Å². The van der Waals surface area contributed by atoms with E-state index in [2.05, 4.69) is 13.8 Å². The smallest absolute Gasteiger partial charge is 0.545 e. The normalized spacial score (nSPS) is 10.7. The van der Waals surface area contributed by atoms with Crippen molar-refractivity contribution < 1.29 is 48.6 Å². The predicted molar refractivity (Wildman–Crippen MR) is 106 cm³/mol. The Kier molecular flexibility index (Phi) is 7.94. The van der Waals surface area contributed by atoms with Crippen LogP contribution in [0.15, 0.2) is 48.5 Å². The summed E-state index contributed by atoms with van der Waals surface area (Å²) in [6.07, 6.45) is 0. The molecule has 3 aromatic rings. The number of aromatic nitrogens is 1. The number of rotatable bonds is 6. The van der Waals surface area contributed by atoms with Crippen molar-refractivity contribution in [2.75, 3.05) is 6.61 Å². The fourth-order valence-corrected chi connectivity index (χ4v) is 3.16. The van der Waals surface area contributed by atoms with Crippen molar-refractivity contribution in [2.24, 2.45) is 5.92 Å². The minimum absolute atomic E-state index is 0. The van der Waals surface area contributed by atoms with E-state index in [1.807, 2.05) is 29.7 Å². The third-order valence-electron chi connectivity index (χ3n) is 4.29. The number of hydrogen-bond donors (Lipinski definition) is 0. The first-order valence-corrected chi connectivity index (χ1v) is 9.28. The SMILES string of the molecule is Cc1ccc(-c2cc(Cl)ccc2OCC(C)C)n1-c1ccc(F)c(C(=O)[O-])c1.[Na+]. The number of ether oxygens (including phenoxy) is 1. The number of aryl methyl sites for hydroxylation is 1. The molecule has 7 heteroatoms. The molecule has 146 valence electrons. The molecule has 2 aromatic carbocycles. The Morgan fingerprint density at radius 1 is 1.17 bits per heavy atom. The van der Waals surface area contributed by atoms with Crippen LogP contribution < -0.4 is 39.4 Å². The molecule has 0 aliphatic carbocycles. The maximum Gasteiger partial charge on any atom is 1.00 e. The molecular formula is C22H20ClFNNaO3. The van der Waals surface area contributed by atoms with Crippen molar-refractivity contribution in [1.29, 1.82) is 0 Å². The van der Waals surface area contributed by atoms with Gasteiger partial charge in [-0.1, -0.05) is 25.4 Å². The molecule has 0 amide bonds. The Morgan fingerprint density at radius 2 is 1.90 bits per heavy atom. The third kappa shape index (κ3) is 5.23. The number of hydrogen-bond acceptors (Lipinski definition) is 3. The second-order valence-corrected chi connectivity index (χ2v) is 7.43. The Bertz CT molecular complexity index is 1030. The average Bonchev–Trinajstić information content (AvgIpc) is 3.02. The zero-order chi connectivity index (χ0) is 20.4. The summed E-state index contributed by atoms with van der Waals surface area (Å²) in [5.41, 5.74) is 2.39. The van der Waals surface area contributed by atoms with Gasteiger partial charge in [-0.25, -0.2) is 4.39 Å². The van der Waals surface area contributed by atoms with Crippen LogP contribution in [0.3, 0.4) is 0 Å².